The molecule has 0 saturated carbocycles. The van der Waals surface area contributed by atoms with Gasteiger partial charge in [0, 0.05) is 6.20 Å². The predicted molar refractivity (Wildman–Crippen MR) is 83.9 cm³/mol. The van der Waals surface area contributed by atoms with E-state index in [4.69, 9.17) is 16.3 Å². The Morgan fingerprint density at radius 3 is 2.81 bits per heavy atom. The monoisotopic (exact) mass is 304 g/mol. The van der Waals surface area contributed by atoms with Crippen molar-refractivity contribution in [3.63, 3.8) is 0 Å². The fraction of sp³-hybridized carbons (Fsp3) is 0.250. The number of amides is 1. The number of hydrogen-bond donors (Lipinski definition) is 1. The molecule has 0 aliphatic rings. The number of benzene rings is 1. The zero-order chi connectivity index (χ0) is 15.4. The van der Waals surface area contributed by atoms with Gasteiger partial charge in [-0.25, -0.2) is 4.98 Å². The molecule has 0 spiro atoms. The molecule has 1 aromatic heterocycles. The molecule has 0 aliphatic carbocycles. The summed E-state index contributed by atoms with van der Waals surface area (Å²) in [6, 6.07) is 9.14. The van der Waals surface area contributed by atoms with E-state index in [9.17, 15) is 4.79 Å². The highest BCUT2D eigenvalue weighted by atomic mass is 35.5. The molecule has 0 unspecified atom stereocenters. The van der Waals surface area contributed by atoms with Crippen LogP contribution in [0.15, 0.2) is 36.5 Å². The lowest BCUT2D eigenvalue weighted by atomic mass is 10.2. The third-order valence-corrected chi connectivity index (χ3v) is 3.32. The summed E-state index contributed by atoms with van der Waals surface area (Å²) in [6.07, 6.45) is 0.955. The normalized spacial score (nSPS) is 11.8. The minimum Gasteiger partial charge on any atom is -0.479 e. The van der Waals surface area contributed by atoms with Gasteiger partial charge in [0.2, 0.25) is 0 Å². The Balaban J connectivity index is 2.06. The molecule has 5 heteroatoms. The number of hydrogen-bond acceptors (Lipinski definition) is 3. The molecule has 1 atom stereocenters. The molecule has 110 valence electrons. The second-order valence-electron chi connectivity index (χ2n) is 4.85. The van der Waals surface area contributed by atoms with Crippen molar-refractivity contribution in [1.29, 1.82) is 0 Å². The number of halogens is 1. The van der Waals surface area contributed by atoms with Gasteiger partial charge in [-0.3, -0.25) is 4.79 Å². The number of anilines is 1. The maximum Gasteiger partial charge on any atom is 0.266 e. The van der Waals surface area contributed by atoms with Gasteiger partial charge in [-0.1, -0.05) is 23.7 Å². The lowest BCUT2D eigenvalue weighted by Crippen LogP contribution is -2.30. The molecule has 0 bridgehead atoms. The molecule has 0 saturated heterocycles. The third-order valence-electron chi connectivity index (χ3n) is 3.01. The first kappa shape index (κ1) is 15.3. The van der Waals surface area contributed by atoms with Crippen molar-refractivity contribution in [3.8, 4) is 5.75 Å². The highest BCUT2D eigenvalue weighted by Gasteiger charge is 2.17. The highest BCUT2D eigenvalue weighted by Crippen LogP contribution is 2.26. The van der Waals surface area contributed by atoms with Gasteiger partial charge in [-0.2, -0.15) is 0 Å². The van der Waals surface area contributed by atoms with Crippen LogP contribution in [-0.4, -0.2) is 17.0 Å². The average Bonchev–Trinajstić information content (AvgIpc) is 2.45. The zero-order valence-corrected chi connectivity index (χ0v) is 12.9. The lowest BCUT2D eigenvalue weighted by Gasteiger charge is -2.16. The molecule has 0 aliphatic heterocycles. The fourth-order valence-corrected chi connectivity index (χ4v) is 1.94. The quantitative estimate of drug-likeness (QED) is 0.935. The van der Waals surface area contributed by atoms with Crippen molar-refractivity contribution in [2.24, 2.45) is 0 Å². The van der Waals surface area contributed by atoms with E-state index in [1.165, 1.54) is 0 Å². The third kappa shape index (κ3) is 3.95. The molecule has 1 aromatic carbocycles. The number of nitrogens with zero attached hydrogens (tertiary/aromatic N) is 1. The van der Waals surface area contributed by atoms with Crippen LogP contribution in [0.5, 0.6) is 5.75 Å². The maximum absolute atomic E-state index is 12.1. The Hall–Kier alpha value is -2.07. The number of carbonyl (C=O) groups excluding carboxylic acids is 1. The number of nitrogens with one attached hydrogen (secondary N) is 1. The van der Waals surface area contributed by atoms with Crippen LogP contribution in [0.25, 0.3) is 0 Å². The van der Waals surface area contributed by atoms with Gasteiger partial charge in [-0.05, 0) is 50.1 Å². The van der Waals surface area contributed by atoms with Crippen molar-refractivity contribution in [2.45, 2.75) is 26.9 Å². The number of aromatic nitrogens is 1. The molecule has 2 rings (SSSR count). The summed E-state index contributed by atoms with van der Waals surface area (Å²) in [5, 5.41) is 3.23. The summed E-state index contributed by atoms with van der Waals surface area (Å²) in [4.78, 5) is 16.3. The van der Waals surface area contributed by atoms with E-state index >= 15 is 0 Å². The first-order valence-corrected chi connectivity index (χ1v) is 7.00. The van der Waals surface area contributed by atoms with Gasteiger partial charge < -0.3 is 10.1 Å². The molecule has 21 heavy (non-hydrogen) atoms. The zero-order valence-electron chi connectivity index (χ0n) is 12.2. The minimum atomic E-state index is -0.675. The van der Waals surface area contributed by atoms with Crippen molar-refractivity contribution in [1.82, 2.24) is 4.98 Å². The molecule has 0 fully saturated rings. The second kappa shape index (κ2) is 6.59. The van der Waals surface area contributed by atoms with Crippen molar-refractivity contribution in [3.05, 3.63) is 52.7 Å². The molecular weight excluding hydrogens is 288 g/mol. The number of rotatable bonds is 4. The molecule has 1 N–H and O–H groups in total. The van der Waals surface area contributed by atoms with Crippen LogP contribution in [0, 0.1) is 13.8 Å². The minimum absolute atomic E-state index is 0.269. The van der Waals surface area contributed by atoms with Crippen LogP contribution < -0.4 is 10.1 Å². The Labute approximate surface area is 129 Å². The molecular formula is C16H17ClN2O2. The first-order chi connectivity index (χ1) is 9.97. The molecule has 2 aromatic rings. The van der Waals surface area contributed by atoms with Crippen LogP contribution in [-0.2, 0) is 4.79 Å². The Bertz CT molecular complexity index is 658. The summed E-state index contributed by atoms with van der Waals surface area (Å²) in [5.41, 5.74) is 1.91. The van der Waals surface area contributed by atoms with E-state index < -0.39 is 6.10 Å². The average molecular weight is 305 g/mol. The van der Waals surface area contributed by atoms with Crippen molar-refractivity contribution < 1.29 is 9.53 Å². The van der Waals surface area contributed by atoms with Gasteiger partial charge in [0.25, 0.3) is 5.91 Å². The molecule has 0 radical (unpaired) electrons. The number of pyridine rings is 1. The summed E-state index contributed by atoms with van der Waals surface area (Å²) >= 11 is 6.06. The van der Waals surface area contributed by atoms with Gasteiger partial charge in [0.05, 0.1) is 5.02 Å². The van der Waals surface area contributed by atoms with Gasteiger partial charge >= 0.3 is 0 Å². The van der Waals surface area contributed by atoms with E-state index in [0.717, 1.165) is 11.1 Å². The largest absolute Gasteiger partial charge is 0.479 e. The molecule has 1 heterocycles. The van der Waals surface area contributed by atoms with Crippen LogP contribution in [0.1, 0.15) is 18.1 Å². The van der Waals surface area contributed by atoms with Crippen LogP contribution in [0.2, 0.25) is 5.02 Å². The van der Waals surface area contributed by atoms with E-state index in [2.05, 4.69) is 10.3 Å². The Morgan fingerprint density at radius 1 is 1.33 bits per heavy atom. The molecule has 4 nitrogen and oxygen atoms in total. The van der Waals surface area contributed by atoms with Crippen molar-refractivity contribution in [2.75, 3.05) is 5.32 Å². The van der Waals surface area contributed by atoms with Crippen LogP contribution in [0.4, 0.5) is 5.82 Å². The summed E-state index contributed by atoms with van der Waals surface area (Å²) < 4.78 is 5.63. The van der Waals surface area contributed by atoms with E-state index in [1.54, 1.807) is 25.3 Å². The number of aryl methyl sites for hydroxylation is 2. The smallest absolute Gasteiger partial charge is 0.266 e. The predicted octanol–water partition coefficient (Wildman–Crippen LogP) is 3.76. The maximum atomic E-state index is 12.1. The summed E-state index contributed by atoms with van der Waals surface area (Å²) in [7, 11) is 0. The first-order valence-electron chi connectivity index (χ1n) is 6.62. The van der Waals surface area contributed by atoms with Crippen molar-refractivity contribution >= 4 is 23.3 Å². The lowest BCUT2D eigenvalue weighted by molar-refractivity contribution is -0.122. The van der Waals surface area contributed by atoms with Gasteiger partial charge in [0.15, 0.2) is 6.10 Å². The number of ether oxygens (including phenoxy) is 1. The SMILES string of the molecule is Cc1ccc(Cl)c(O[C@@H](C)C(=O)Nc2ncccc2C)c1. The second-order valence-corrected chi connectivity index (χ2v) is 5.26. The summed E-state index contributed by atoms with van der Waals surface area (Å²) in [6.45, 7) is 5.49. The molecule has 1 amide bonds. The van der Waals surface area contributed by atoms with E-state index in [1.807, 2.05) is 32.0 Å². The summed E-state index contributed by atoms with van der Waals surface area (Å²) in [5.74, 6) is 0.764. The topological polar surface area (TPSA) is 51.2 Å². The highest BCUT2D eigenvalue weighted by molar-refractivity contribution is 6.32. The Kier molecular flexibility index (Phi) is 4.81. The van der Waals surface area contributed by atoms with Crippen LogP contribution >= 0.6 is 11.6 Å². The fourth-order valence-electron chi connectivity index (χ4n) is 1.78. The Morgan fingerprint density at radius 2 is 2.10 bits per heavy atom. The van der Waals surface area contributed by atoms with Gasteiger partial charge in [-0.15, -0.1) is 0 Å². The standard InChI is InChI=1S/C16H17ClN2O2/c1-10-6-7-13(17)14(9-10)21-12(3)16(20)19-15-11(2)5-4-8-18-15/h4-9,12H,1-3H3,(H,18,19,20)/t12-/m0/s1. The van der Waals surface area contributed by atoms with E-state index in [-0.39, 0.29) is 5.91 Å². The number of carbonyl (C=O) groups is 1. The van der Waals surface area contributed by atoms with Gasteiger partial charge in [0.1, 0.15) is 11.6 Å². The van der Waals surface area contributed by atoms with Crippen LogP contribution in [0.3, 0.4) is 0 Å². The van der Waals surface area contributed by atoms with E-state index in [0.29, 0.717) is 16.6 Å².